The maximum atomic E-state index is 12.7. The Hall–Kier alpha value is -1.53. The van der Waals surface area contributed by atoms with Crippen LogP contribution in [-0.4, -0.2) is 33.4 Å². The average Bonchev–Trinajstić information content (AvgIpc) is 2.84. The van der Waals surface area contributed by atoms with Gasteiger partial charge in [0.1, 0.15) is 5.25 Å². The number of hydrogen-bond donors (Lipinski definition) is 1. The number of carbonyl (C=O) groups excluding carboxylic acids is 1. The van der Waals surface area contributed by atoms with Gasteiger partial charge in [-0.2, -0.15) is 0 Å². The van der Waals surface area contributed by atoms with Gasteiger partial charge in [0, 0.05) is 0 Å². The number of benzene rings is 1. The lowest BCUT2D eigenvalue weighted by Gasteiger charge is -2.22. The van der Waals surface area contributed by atoms with Gasteiger partial charge in [-0.15, -0.1) is 0 Å². The second-order valence-electron chi connectivity index (χ2n) is 6.03. The summed E-state index contributed by atoms with van der Waals surface area (Å²) in [4.78, 5) is 30.1. The van der Waals surface area contributed by atoms with Crippen LogP contribution in [0.3, 0.4) is 0 Å². The number of thioether (sulfide) groups is 1. The zero-order chi connectivity index (χ0) is 17.1. The third-order valence-electron chi connectivity index (χ3n) is 4.26. The Balaban J connectivity index is 1.93. The van der Waals surface area contributed by atoms with Crippen molar-refractivity contribution in [1.29, 1.82) is 0 Å². The van der Waals surface area contributed by atoms with E-state index in [1.807, 2.05) is 6.07 Å². The summed E-state index contributed by atoms with van der Waals surface area (Å²) in [6.07, 6.45) is 5.32. The average molecular weight is 367 g/mol. The highest BCUT2D eigenvalue weighted by atomic mass is 35.5. The Labute approximate surface area is 150 Å². The topological polar surface area (TPSA) is 70.0 Å². The highest BCUT2D eigenvalue weighted by Gasteiger charge is 2.41. The van der Waals surface area contributed by atoms with Gasteiger partial charge in [0.25, 0.3) is 0 Å². The summed E-state index contributed by atoms with van der Waals surface area (Å²) in [5.74, 6) is -1.25. The first-order valence-electron chi connectivity index (χ1n) is 8.11. The Morgan fingerprint density at radius 1 is 1.29 bits per heavy atom. The molecule has 0 spiro atoms. The molecule has 0 radical (unpaired) electrons. The predicted molar refractivity (Wildman–Crippen MR) is 96.9 cm³/mol. The lowest BCUT2D eigenvalue weighted by atomic mass is 9.96. The summed E-state index contributed by atoms with van der Waals surface area (Å²) in [5, 5.41) is 9.44. The largest absolute Gasteiger partial charge is 0.481 e. The maximum Gasteiger partial charge on any atom is 0.305 e. The molecule has 3 rings (SSSR count). The molecule has 1 N–H and O–H groups in total. The molecule has 0 aromatic heterocycles. The van der Waals surface area contributed by atoms with Gasteiger partial charge in [0.15, 0.2) is 5.17 Å². The predicted octanol–water partition coefficient (Wildman–Crippen LogP) is 3.95. The molecule has 5 nitrogen and oxygen atoms in total. The summed E-state index contributed by atoms with van der Waals surface area (Å²) in [7, 11) is 0. The summed E-state index contributed by atoms with van der Waals surface area (Å²) in [5.41, 5.74) is 0.569. The van der Waals surface area contributed by atoms with Crippen molar-refractivity contribution < 1.29 is 14.7 Å². The fourth-order valence-electron chi connectivity index (χ4n) is 3.07. The highest BCUT2D eigenvalue weighted by Crippen LogP contribution is 2.37. The summed E-state index contributed by atoms with van der Waals surface area (Å²) in [6.45, 7) is 0. The molecule has 1 saturated heterocycles. The Morgan fingerprint density at radius 3 is 2.67 bits per heavy atom. The van der Waals surface area contributed by atoms with Crippen molar-refractivity contribution in [1.82, 2.24) is 0 Å². The number of para-hydroxylation sites is 1. The van der Waals surface area contributed by atoms with Crippen LogP contribution in [-0.2, 0) is 9.59 Å². The van der Waals surface area contributed by atoms with E-state index in [-0.39, 0.29) is 18.4 Å². The van der Waals surface area contributed by atoms with Crippen LogP contribution in [0.1, 0.15) is 38.5 Å². The van der Waals surface area contributed by atoms with Crippen LogP contribution in [0.25, 0.3) is 0 Å². The number of aliphatic imine (C=N–C) groups is 1. The van der Waals surface area contributed by atoms with Crippen molar-refractivity contribution in [3.8, 4) is 0 Å². The molecule has 1 atom stereocenters. The fraction of sp³-hybridized carbons (Fsp3) is 0.471. The number of carboxylic acid groups (broad SMARTS) is 1. The van der Waals surface area contributed by atoms with Crippen molar-refractivity contribution in [2.75, 3.05) is 4.90 Å². The standard InChI is InChI=1S/C17H19ClN2O3S/c18-12-8-4-5-9-13(12)20-16(23)14(10-15(21)22)24-17(20)19-11-6-2-1-3-7-11/h4-5,8-9,11,14H,1-3,6-7,10H2,(H,21,22). The quantitative estimate of drug-likeness (QED) is 0.875. The minimum Gasteiger partial charge on any atom is -0.481 e. The molecular formula is C17H19ClN2O3S. The van der Waals surface area contributed by atoms with E-state index in [0.29, 0.717) is 15.9 Å². The lowest BCUT2D eigenvalue weighted by Crippen LogP contribution is -2.33. The molecule has 1 aliphatic heterocycles. The molecule has 1 saturated carbocycles. The molecule has 2 fully saturated rings. The summed E-state index contributed by atoms with van der Waals surface area (Å²) < 4.78 is 0. The zero-order valence-electron chi connectivity index (χ0n) is 13.2. The number of amidine groups is 1. The molecular weight excluding hydrogens is 348 g/mol. The van der Waals surface area contributed by atoms with E-state index in [4.69, 9.17) is 21.7 Å². The van der Waals surface area contributed by atoms with Crippen LogP contribution in [0, 0.1) is 0 Å². The number of aliphatic carboxylic acids is 1. The Morgan fingerprint density at radius 2 is 2.00 bits per heavy atom. The van der Waals surface area contributed by atoms with E-state index in [1.165, 1.54) is 23.1 Å². The third-order valence-corrected chi connectivity index (χ3v) is 5.73. The summed E-state index contributed by atoms with van der Waals surface area (Å²) >= 11 is 7.50. The minimum atomic E-state index is -0.987. The summed E-state index contributed by atoms with van der Waals surface area (Å²) in [6, 6.07) is 7.29. The van der Waals surface area contributed by atoms with E-state index >= 15 is 0 Å². The first-order chi connectivity index (χ1) is 11.6. The molecule has 1 heterocycles. The van der Waals surface area contributed by atoms with Gasteiger partial charge in [0.05, 0.1) is 23.2 Å². The van der Waals surface area contributed by atoms with Crippen molar-refractivity contribution in [3.63, 3.8) is 0 Å². The van der Waals surface area contributed by atoms with Gasteiger partial charge in [-0.3, -0.25) is 19.5 Å². The number of amides is 1. The molecule has 1 aromatic carbocycles. The first kappa shape index (κ1) is 17.3. The number of halogens is 1. The lowest BCUT2D eigenvalue weighted by molar-refractivity contribution is -0.138. The van der Waals surface area contributed by atoms with E-state index in [0.717, 1.165) is 25.7 Å². The van der Waals surface area contributed by atoms with E-state index in [2.05, 4.69) is 0 Å². The smallest absolute Gasteiger partial charge is 0.305 e. The monoisotopic (exact) mass is 366 g/mol. The minimum absolute atomic E-state index is 0.197. The van der Waals surface area contributed by atoms with Gasteiger partial charge in [-0.05, 0) is 25.0 Å². The molecule has 1 unspecified atom stereocenters. The van der Waals surface area contributed by atoms with Crippen molar-refractivity contribution in [2.45, 2.75) is 49.8 Å². The van der Waals surface area contributed by atoms with E-state index < -0.39 is 11.2 Å². The number of hydrogen-bond acceptors (Lipinski definition) is 4. The molecule has 1 aliphatic carbocycles. The van der Waals surface area contributed by atoms with Crippen molar-refractivity contribution in [3.05, 3.63) is 29.3 Å². The van der Waals surface area contributed by atoms with Gasteiger partial charge in [0.2, 0.25) is 5.91 Å². The van der Waals surface area contributed by atoms with Crippen LogP contribution in [0.15, 0.2) is 29.3 Å². The SMILES string of the molecule is O=C(O)CC1SC(=NC2CCCCC2)N(c2ccccc2Cl)C1=O. The van der Waals surface area contributed by atoms with Crippen LogP contribution in [0.4, 0.5) is 5.69 Å². The van der Waals surface area contributed by atoms with E-state index in [9.17, 15) is 9.59 Å². The third kappa shape index (κ3) is 3.75. The van der Waals surface area contributed by atoms with Gasteiger partial charge in [-0.1, -0.05) is 54.8 Å². The van der Waals surface area contributed by atoms with Crippen LogP contribution in [0.2, 0.25) is 5.02 Å². The van der Waals surface area contributed by atoms with E-state index in [1.54, 1.807) is 18.2 Å². The van der Waals surface area contributed by atoms with Crippen LogP contribution in [0.5, 0.6) is 0 Å². The molecule has 0 bridgehead atoms. The molecule has 24 heavy (non-hydrogen) atoms. The Bertz CT molecular complexity index is 674. The Kier molecular flexibility index (Phi) is 5.46. The number of anilines is 1. The van der Waals surface area contributed by atoms with Crippen molar-refractivity contribution in [2.24, 2.45) is 4.99 Å². The second kappa shape index (κ2) is 7.57. The van der Waals surface area contributed by atoms with Crippen molar-refractivity contribution >= 4 is 46.1 Å². The first-order valence-corrected chi connectivity index (χ1v) is 9.37. The van der Waals surface area contributed by atoms with Gasteiger partial charge in [-0.25, -0.2) is 0 Å². The number of nitrogens with zero attached hydrogens (tertiary/aromatic N) is 2. The molecule has 128 valence electrons. The van der Waals surface area contributed by atoms with Gasteiger partial charge >= 0.3 is 5.97 Å². The number of carboxylic acids is 1. The van der Waals surface area contributed by atoms with Crippen LogP contribution < -0.4 is 4.90 Å². The molecule has 7 heteroatoms. The fourth-order valence-corrected chi connectivity index (χ4v) is 4.48. The van der Waals surface area contributed by atoms with Gasteiger partial charge < -0.3 is 5.11 Å². The maximum absolute atomic E-state index is 12.7. The molecule has 1 amide bonds. The highest BCUT2D eigenvalue weighted by molar-refractivity contribution is 8.16. The number of rotatable bonds is 4. The normalized spacial score (nSPS) is 23.9. The molecule has 1 aromatic rings. The number of carbonyl (C=O) groups is 2. The second-order valence-corrected chi connectivity index (χ2v) is 7.61. The molecule has 2 aliphatic rings. The zero-order valence-corrected chi connectivity index (χ0v) is 14.7. The van der Waals surface area contributed by atoms with Crippen LogP contribution >= 0.6 is 23.4 Å².